The van der Waals surface area contributed by atoms with Crippen molar-refractivity contribution in [3.05, 3.63) is 41.4 Å². The van der Waals surface area contributed by atoms with Gasteiger partial charge in [-0.3, -0.25) is 9.59 Å². The molecule has 154 valence electrons. The molecule has 1 aromatic rings. The topological polar surface area (TPSA) is 132 Å². The average Bonchev–Trinajstić information content (AvgIpc) is 2.68. The molecule has 28 heavy (non-hydrogen) atoms. The molecule has 0 bridgehead atoms. The summed E-state index contributed by atoms with van der Waals surface area (Å²) < 4.78 is 4.87. The number of hydrogen-bond acceptors (Lipinski definition) is 5. The molecule has 1 unspecified atom stereocenters. The first-order chi connectivity index (χ1) is 13.4. The summed E-state index contributed by atoms with van der Waals surface area (Å²) in [6.07, 6.45) is -1.07. The maximum absolute atomic E-state index is 11.5. The average molecular weight is 392 g/mol. The third kappa shape index (κ3) is 11.6. The molecule has 0 fully saturated rings. The molecule has 0 aliphatic rings. The van der Waals surface area contributed by atoms with E-state index in [1.165, 1.54) is 19.6 Å². The molecule has 0 aromatic heterocycles. The van der Waals surface area contributed by atoms with Gasteiger partial charge in [0.25, 0.3) is 5.78 Å². The number of hydrogen-bond donors (Lipinski definition) is 2. The number of carbonyl (C=O) groups excluding carboxylic acids is 2. The fraction of sp³-hybridized carbons (Fsp3) is 0.474. The normalized spacial score (nSPS) is 10.7. The van der Waals surface area contributed by atoms with Crippen LogP contribution >= 0.6 is 0 Å². The lowest BCUT2D eigenvalue weighted by atomic mass is 10.1. The first-order valence-corrected chi connectivity index (χ1v) is 9.00. The van der Waals surface area contributed by atoms with E-state index in [9.17, 15) is 14.4 Å². The van der Waals surface area contributed by atoms with Crippen molar-refractivity contribution in [2.24, 2.45) is 0 Å². The van der Waals surface area contributed by atoms with Gasteiger partial charge in [-0.1, -0.05) is 51.1 Å². The highest BCUT2D eigenvalue weighted by atomic mass is 16.5. The van der Waals surface area contributed by atoms with Gasteiger partial charge < -0.3 is 25.6 Å². The van der Waals surface area contributed by atoms with Gasteiger partial charge in [-0.05, 0) is 25.2 Å². The zero-order valence-corrected chi connectivity index (χ0v) is 16.5. The number of Topliss-reactive ketones (excluding diaryl/α,β-unsaturated/α-hetero) is 1. The zero-order chi connectivity index (χ0) is 21.4. The smallest absolute Gasteiger partial charge is 0.408 e. The molecule has 0 aliphatic carbocycles. The predicted octanol–water partition coefficient (Wildman–Crippen LogP) is 1.97. The number of aliphatic carboxylic acids is 1. The van der Waals surface area contributed by atoms with Crippen LogP contribution in [0, 0.1) is 0 Å². The Labute approximate surface area is 164 Å². The lowest BCUT2D eigenvalue weighted by molar-refractivity contribution is -0.139. The molecule has 1 atom stereocenters. The minimum atomic E-state index is -1.36. The minimum Gasteiger partial charge on any atom is -0.481 e. The van der Waals surface area contributed by atoms with E-state index in [2.05, 4.69) is 35.8 Å². The third-order valence-electron chi connectivity index (χ3n) is 3.75. The van der Waals surface area contributed by atoms with Crippen molar-refractivity contribution in [1.82, 2.24) is 10.2 Å². The Hall–Kier alpha value is -3.03. The Bertz CT molecular complexity index is 650. The third-order valence-corrected chi connectivity index (χ3v) is 3.75. The first-order valence-electron chi connectivity index (χ1n) is 9.00. The number of amides is 1. The highest BCUT2D eigenvalue weighted by Crippen LogP contribution is 2.01. The summed E-state index contributed by atoms with van der Waals surface area (Å²) in [5.41, 5.74) is 9.00. The number of carboxylic acids is 1. The molecule has 0 saturated heterocycles. The van der Waals surface area contributed by atoms with Gasteiger partial charge in [0.2, 0.25) is 0 Å². The van der Waals surface area contributed by atoms with E-state index < -0.39 is 30.3 Å². The highest BCUT2D eigenvalue weighted by molar-refractivity contribution is 6.28. The number of ketones is 1. The SMILES string of the molecule is CCN(CC)CC.[N-]=[N+]=CC(=O)C(CC(=O)O)NC(=O)OCc1ccccc1. The Balaban J connectivity index is 0.000000887. The summed E-state index contributed by atoms with van der Waals surface area (Å²) in [5, 5.41) is 10.8. The van der Waals surface area contributed by atoms with E-state index >= 15 is 0 Å². The fourth-order valence-corrected chi connectivity index (χ4v) is 2.12. The van der Waals surface area contributed by atoms with Crippen molar-refractivity contribution in [1.29, 1.82) is 0 Å². The number of nitrogens with one attached hydrogen (secondary N) is 1. The van der Waals surface area contributed by atoms with Crippen LogP contribution in [0.2, 0.25) is 0 Å². The number of carbonyl (C=O) groups is 3. The van der Waals surface area contributed by atoms with Crippen molar-refractivity contribution in [2.45, 2.75) is 39.8 Å². The molecule has 1 amide bonds. The summed E-state index contributed by atoms with van der Waals surface area (Å²) in [7, 11) is 0. The van der Waals surface area contributed by atoms with Crippen LogP contribution in [0.4, 0.5) is 4.79 Å². The molecule has 9 nitrogen and oxygen atoms in total. The van der Waals surface area contributed by atoms with Crippen LogP contribution in [0.15, 0.2) is 30.3 Å². The summed E-state index contributed by atoms with van der Waals surface area (Å²) in [6.45, 7) is 10.1. The predicted molar refractivity (Wildman–Crippen MR) is 104 cm³/mol. The van der Waals surface area contributed by atoms with Gasteiger partial charge in [0.15, 0.2) is 0 Å². The van der Waals surface area contributed by atoms with E-state index in [4.69, 9.17) is 15.4 Å². The van der Waals surface area contributed by atoms with Crippen LogP contribution in [0.25, 0.3) is 5.53 Å². The molecule has 0 radical (unpaired) electrons. The Kier molecular flexibility index (Phi) is 13.4. The Morgan fingerprint density at radius 1 is 1.18 bits per heavy atom. The number of rotatable bonds is 10. The van der Waals surface area contributed by atoms with Crippen molar-refractivity contribution in [3.63, 3.8) is 0 Å². The van der Waals surface area contributed by atoms with Crippen LogP contribution < -0.4 is 5.32 Å². The van der Waals surface area contributed by atoms with E-state index in [1.54, 1.807) is 30.3 Å². The number of nitrogens with zero attached hydrogens (tertiary/aromatic N) is 3. The molecule has 9 heteroatoms. The summed E-state index contributed by atoms with van der Waals surface area (Å²) in [5.74, 6) is -2.14. The van der Waals surface area contributed by atoms with Gasteiger partial charge in [-0.2, -0.15) is 4.79 Å². The van der Waals surface area contributed by atoms with Crippen LogP contribution in [0.5, 0.6) is 0 Å². The maximum atomic E-state index is 11.5. The Morgan fingerprint density at radius 3 is 2.18 bits per heavy atom. The van der Waals surface area contributed by atoms with Gasteiger partial charge in [-0.25, -0.2) is 4.79 Å². The van der Waals surface area contributed by atoms with Gasteiger partial charge in [0.1, 0.15) is 12.6 Å². The molecule has 1 rings (SSSR count). The lowest BCUT2D eigenvalue weighted by Crippen LogP contribution is -2.43. The van der Waals surface area contributed by atoms with Crippen LogP contribution in [0.3, 0.4) is 0 Å². The molecular formula is C19H28N4O5. The minimum absolute atomic E-state index is 0.0191. The molecule has 0 aliphatic heterocycles. The van der Waals surface area contributed by atoms with Gasteiger partial charge in [0, 0.05) is 0 Å². The molecule has 2 N–H and O–H groups in total. The standard InChI is InChI=1S/C13H13N3O5.C6H15N/c14-15-7-11(17)10(6-12(18)19)16-13(20)21-8-9-4-2-1-3-5-9;1-4-7(5-2)6-3/h1-5,7,10H,6,8H2,(H,16,20)(H,18,19);4-6H2,1-3H3. The van der Waals surface area contributed by atoms with Crippen LogP contribution in [-0.4, -0.2) is 64.5 Å². The lowest BCUT2D eigenvalue weighted by Gasteiger charge is -2.13. The van der Waals surface area contributed by atoms with Crippen molar-refractivity contribution >= 4 is 24.1 Å². The number of benzene rings is 1. The second kappa shape index (κ2) is 15.1. The molecule has 0 heterocycles. The quantitative estimate of drug-likeness (QED) is 0.355. The molecule has 0 spiro atoms. The van der Waals surface area contributed by atoms with Gasteiger partial charge in [-0.15, -0.1) is 0 Å². The Morgan fingerprint density at radius 2 is 1.75 bits per heavy atom. The summed E-state index contributed by atoms with van der Waals surface area (Å²) in [6, 6.07) is 7.47. The highest BCUT2D eigenvalue weighted by Gasteiger charge is 2.25. The monoisotopic (exact) mass is 392 g/mol. The first kappa shape index (κ1) is 25.0. The largest absolute Gasteiger partial charge is 0.481 e. The maximum Gasteiger partial charge on any atom is 0.408 e. The van der Waals surface area contributed by atoms with Crippen LogP contribution in [-0.2, 0) is 20.9 Å². The van der Waals surface area contributed by atoms with Crippen LogP contribution in [0.1, 0.15) is 32.8 Å². The number of alkyl carbamates (subject to hydrolysis) is 1. The van der Waals surface area contributed by atoms with Gasteiger partial charge >= 0.3 is 18.3 Å². The van der Waals surface area contributed by atoms with E-state index in [0.717, 1.165) is 5.56 Å². The number of ether oxygens (including phenoxy) is 1. The second-order valence-corrected chi connectivity index (χ2v) is 5.62. The molecule has 0 saturated carbocycles. The summed E-state index contributed by atoms with van der Waals surface area (Å²) in [4.78, 5) is 38.5. The van der Waals surface area contributed by atoms with E-state index in [0.29, 0.717) is 6.21 Å². The van der Waals surface area contributed by atoms with E-state index in [1.807, 2.05) is 0 Å². The van der Waals surface area contributed by atoms with Crippen molar-refractivity contribution < 1.29 is 29.0 Å². The van der Waals surface area contributed by atoms with Crippen molar-refractivity contribution in [2.75, 3.05) is 19.6 Å². The number of carboxylic acid groups (broad SMARTS) is 1. The molecule has 1 aromatic carbocycles. The second-order valence-electron chi connectivity index (χ2n) is 5.62. The fourth-order valence-electron chi connectivity index (χ4n) is 2.12. The zero-order valence-electron chi connectivity index (χ0n) is 16.5. The summed E-state index contributed by atoms with van der Waals surface area (Å²) >= 11 is 0. The van der Waals surface area contributed by atoms with E-state index in [-0.39, 0.29) is 6.61 Å². The van der Waals surface area contributed by atoms with Gasteiger partial charge in [0.05, 0.1) is 6.42 Å². The van der Waals surface area contributed by atoms with Crippen molar-refractivity contribution in [3.8, 4) is 0 Å². The molecular weight excluding hydrogens is 364 g/mol.